The lowest BCUT2D eigenvalue weighted by Crippen LogP contribution is -2.20. The molecule has 2 heteroatoms. The van der Waals surface area contributed by atoms with E-state index in [-0.39, 0.29) is 0 Å². The first-order valence-corrected chi connectivity index (χ1v) is 6.89. The van der Waals surface area contributed by atoms with Gasteiger partial charge in [-0.05, 0) is 56.5 Å². The molecule has 0 aliphatic carbocycles. The van der Waals surface area contributed by atoms with Crippen molar-refractivity contribution >= 4 is 11.0 Å². The van der Waals surface area contributed by atoms with Gasteiger partial charge in [0.15, 0.2) is 0 Å². The van der Waals surface area contributed by atoms with Gasteiger partial charge in [0.05, 0.1) is 6.04 Å². The second kappa shape index (κ2) is 5.57. The van der Waals surface area contributed by atoms with E-state index in [1.165, 1.54) is 16.5 Å². The van der Waals surface area contributed by atoms with E-state index in [9.17, 15) is 0 Å². The van der Waals surface area contributed by atoms with Crippen LogP contribution in [0.3, 0.4) is 0 Å². The second-order valence-corrected chi connectivity index (χ2v) is 5.06. The minimum Gasteiger partial charge on any atom is -0.459 e. The quantitative estimate of drug-likeness (QED) is 0.839. The number of aryl methyl sites for hydroxylation is 2. The summed E-state index contributed by atoms with van der Waals surface area (Å²) in [5, 5.41) is 4.78. The van der Waals surface area contributed by atoms with Crippen molar-refractivity contribution in [2.24, 2.45) is 0 Å². The maximum Gasteiger partial charge on any atom is 0.134 e. The van der Waals surface area contributed by atoms with Crippen molar-refractivity contribution < 1.29 is 4.42 Å². The van der Waals surface area contributed by atoms with Gasteiger partial charge in [-0.2, -0.15) is 0 Å². The molecule has 1 aromatic carbocycles. The molecule has 2 nitrogen and oxygen atoms in total. The predicted octanol–water partition coefficient (Wildman–Crippen LogP) is 4.50. The molecule has 2 rings (SSSR count). The van der Waals surface area contributed by atoms with E-state index in [0.29, 0.717) is 6.04 Å². The molecule has 0 spiro atoms. The average molecular weight is 245 g/mol. The third-order valence-corrected chi connectivity index (χ3v) is 3.40. The van der Waals surface area contributed by atoms with Gasteiger partial charge < -0.3 is 9.73 Å². The molecular weight excluding hydrogens is 222 g/mol. The zero-order chi connectivity index (χ0) is 13.1. The molecule has 2 aromatic rings. The van der Waals surface area contributed by atoms with Crippen molar-refractivity contribution in [2.45, 2.75) is 46.6 Å². The summed E-state index contributed by atoms with van der Waals surface area (Å²) >= 11 is 0. The Morgan fingerprint density at radius 3 is 2.61 bits per heavy atom. The maximum atomic E-state index is 6.02. The molecule has 18 heavy (non-hydrogen) atoms. The molecule has 1 heterocycles. The topological polar surface area (TPSA) is 25.2 Å². The van der Waals surface area contributed by atoms with Crippen LogP contribution in [0.2, 0.25) is 0 Å². The van der Waals surface area contributed by atoms with E-state index in [1.807, 2.05) is 0 Å². The van der Waals surface area contributed by atoms with E-state index < -0.39 is 0 Å². The van der Waals surface area contributed by atoms with Crippen LogP contribution in [0.25, 0.3) is 11.0 Å². The molecule has 0 fully saturated rings. The lowest BCUT2D eigenvalue weighted by molar-refractivity contribution is 0.421. The van der Waals surface area contributed by atoms with Crippen molar-refractivity contribution in [3.63, 3.8) is 0 Å². The van der Waals surface area contributed by atoms with Crippen LogP contribution in [0.4, 0.5) is 0 Å². The van der Waals surface area contributed by atoms with Gasteiger partial charge >= 0.3 is 0 Å². The first-order chi connectivity index (χ1) is 8.65. The van der Waals surface area contributed by atoms with Gasteiger partial charge in [0.25, 0.3) is 0 Å². The zero-order valence-electron chi connectivity index (χ0n) is 11.8. The third kappa shape index (κ3) is 2.59. The normalized spacial score (nSPS) is 13.1. The standard InChI is InChI=1S/C16H23NO/c1-5-7-17-14(6-2)16-10-13-12(4)8-11(3)9-15(13)18-16/h8-10,14,17H,5-7H2,1-4H3. The lowest BCUT2D eigenvalue weighted by Gasteiger charge is -2.13. The Morgan fingerprint density at radius 1 is 1.17 bits per heavy atom. The Balaban J connectivity index is 2.36. The molecule has 0 aliphatic rings. The summed E-state index contributed by atoms with van der Waals surface area (Å²) in [6, 6.07) is 6.86. The van der Waals surface area contributed by atoms with Crippen LogP contribution in [-0.2, 0) is 0 Å². The monoisotopic (exact) mass is 245 g/mol. The first kappa shape index (κ1) is 13.2. The lowest BCUT2D eigenvalue weighted by atomic mass is 10.1. The SMILES string of the molecule is CCCNC(CC)c1cc2c(C)cc(C)cc2o1. The molecule has 1 N–H and O–H groups in total. The minimum absolute atomic E-state index is 0.331. The molecule has 0 radical (unpaired) electrons. The second-order valence-electron chi connectivity index (χ2n) is 5.06. The van der Waals surface area contributed by atoms with E-state index in [0.717, 1.165) is 30.7 Å². The summed E-state index contributed by atoms with van der Waals surface area (Å²) in [4.78, 5) is 0. The van der Waals surface area contributed by atoms with Crippen molar-refractivity contribution in [1.29, 1.82) is 0 Å². The number of hydrogen-bond acceptors (Lipinski definition) is 2. The number of nitrogens with one attached hydrogen (secondary N) is 1. The Morgan fingerprint density at radius 2 is 1.94 bits per heavy atom. The van der Waals surface area contributed by atoms with E-state index in [2.05, 4.69) is 51.2 Å². The molecule has 0 aliphatic heterocycles. The van der Waals surface area contributed by atoms with Gasteiger partial charge in [-0.1, -0.05) is 19.9 Å². The fourth-order valence-corrected chi connectivity index (χ4v) is 2.44. The Kier molecular flexibility index (Phi) is 4.07. The summed E-state index contributed by atoms with van der Waals surface area (Å²) in [6.45, 7) is 9.67. The number of benzene rings is 1. The minimum atomic E-state index is 0.331. The van der Waals surface area contributed by atoms with Gasteiger partial charge in [0.1, 0.15) is 11.3 Å². The highest BCUT2D eigenvalue weighted by atomic mass is 16.3. The highest BCUT2D eigenvalue weighted by Gasteiger charge is 2.14. The predicted molar refractivity (Wildman–Crippen MR) is 77.0 cm³/mol. The average Bonchev–Trinajstić information content (AvgIpc) is 2.74. The molecule has 1 aromatic heterocycles. The van der Waals surface area contributed by atoms with Crippen LogP contribution >= 0.6 is 0 Å². The van der Waals surface area contributed by atoms with Crippen LogP contribution in [0.1, 0.15) is 49.6 Å². The third-order valence-electron chi connectivity index (χ3n) is 3.40. The van der Waals surface area contributed by atoms with Gasteiger partial charge in [-0.15, -0.1) is 0 Å². The van der Waals surface area contributed by atoms with Crippen molar-refractivity contribution in [2.75, 3.05) is 6.54 Å². The summed E-state index contributed by atoms with van der Waals surface area (Å²) in [5.74, 6) is 1.06. The van der Waals surface area contributed by atoms with E-state index in [1.54, 1.807) is 0 Å². The Bertz CT molecular complexity index is 527. The van der Waals surface area contributed by atoms with Crippen molar-refractivity contribution in [1.82, 2.24) is 5.32 Å². The first-order valence-electron chi connectivity index (χ1n) is 6.89. The van der Waals surface area contributed by atoms with Gasteiger partial charge in [-0.25, -0.2) is 0 Å². The molecular formula is C16H23NO. The fourth-order valence-electron chi connectivity index (χ4n) is 2.44. The highest BCUT2D eigenvalue weighted by molar-refractivity contribution is 5.82. The number of furan rings is 1. The summed E-state index contributed by atoms with van der Waals surface area (Å²) in [7, 11) is 0. The molecule has 0 amide bonds. The summed E-state index contributed by atoms with van der Waals surface area (Å²) in [6.07, 6.45) is 2.20. The molecule has 0 saturated carbocycles. The van der Waals surface area contributed by atoms with Crippen LogP contribution in [0.5, 0.6) is 0 Å². The Labute approximate surface area is 109 Å². The summed E-state index contributed by atoms with van der Waals surface area (Å²) < 4.78 is 6.02. The molecule has 98 valence electrons. The summed E-state index contributed by atoms with van der Waals surface area (Å²) in [5.41, 5.74) is 3.57. The molecule has 1 atom stereocenters. The van der Waals surface area contributed by atoms with Crippen LogP contribution in [0, 0.1) is 13.8 Å². The maximum absolute atomic E-state index is 6.02. The van der Waals surface area contributed by atoms with Crippen molar-refractivity contribution in [3.05, 3.63) is 35.1 Å². The van der Waals surface area contributed by atoms with E-state index >= 15 is 0 Å². The Hall–Kier alpha value is -1.28. The van der Waals surface area contributed by atoms with Crippen LogP contribution in [-0.4, -0.2) is 6.54 Å². The highest BCUT2D eigenvalue weighted by Crippen LogP contribution is 2.28. The van der Waals surface area contributed by atoms with E-state index in [4.69, 9.17) is 4.42 Å². The van der Waals surface area contributed by atoms with Gasteiger partial charge in [-0.3, -0.25) is 0 Å². The zero-order valence-corrected chi connectivity index (χ0v) is 11.8. The molecule has 0 bridgehead atoms. The van der Waals surface area contributed by atoms with Gasteiger partial charge in [0.2, 0.25) is 0 Å². The van der Waals surface area contributed by atoms with Crippen molar-refractivity contribution in [3.8, 4) is 0 Å². The number of fused-ring (bicyclic) bond motifs is 1. The van der Waals surface area contributed by atoms with Gasteiger partial charge in [0, 0.05) is 5.39 Å². The van der Waals surface area contributed by atoms with Crippen LogP contribution < -0.4 is 5.32 Å². The largest absolute Gasteiger partial charge is 0.459 e. The molecule has 1 unspecified atom stereocenters. The fraction of sp³-hybridized carbons (Fsp3) is 0.500. The smallest absolute Gasteiger partial charge is 0.134 e. The number of rotatable bonds is 5. The van der Waals surface area contributed by atoms with Crippen LogP contribution in [0.15, 0.2) is 22.6 Å². The number of hydrogen-bond donors (Lipinski definition) is 1. The molecule has 0 saturated heterocycles.